The Morgan fingerprint density at radius 3 is 2.52 bits per heavy atom. The number of hydrogen-bond acceptors (Lipinski definition) is 5. The molecular formula is C23H29ClN4O4S. The van der Waals surface area contributed by atoms with E-state index in [4.69, 9.17) is 16.3 Å². The number of benzene rings is 2. The van der Waals surface area contributed by atoms with Gasteiger partial charge in [-0.2, -0.15) is 4.31 Å². The number of aryl methyl sites for hydroxylation is 2. The Bertz CT molecular complexity index is 1250. The molecule has 0 bridgehead atoms. The highest BCUT2D eigenvalue weighted by molar-refractivity contribution is 7.89. The summed E-state index contributed by atoms with van der Waals surface area (Å²) in [5.74, 6) is 1.05. The maximum absolute atomic E-state index is 12.9. The quantitative estimate of drug-likeness (QED) is 0.455. The number of methoxy groups -OCH3 is 1. The lowest BCUT2D eigenvalue weighted by molar-refractivity contribution is -0.116. The maximum Gasteiger partial charge on any atom is 0.243 e. The fourth-order valence-corrected chi connectivity index (χ4v) is 5.44. The number of aromatic nitrogens is 2. The van der Waals surface area contributed by atoms with Crippen LogP contribution in [0.3, 0.4) is 0 Å². The predicted octanol–water partition coefficient (Wildman–Crippen LogP) is 4.32. The topological polar surface area (TPSA) is 93.5 Å². The molecule has 1 heterocycles. The van der Waals surface area contributed by atoms with Gasteiger partial charge in [-0.1, -0.05) is 25.4 Å². The molecule has 0 unspecified atom stereocenters. The number of amides is 1. The molecule has 33 heavy (non-hydrogen) atoms. The van der Waals surface area contributed by atoms with E-state index in [1.54, 1.807) is 36.4 Å². The fourth-order valence-electron chi connectivity index (χ4n) is 3.79. The molecule has 0 aliphatic carbocycles. The number of imidazole rings is 1. The second-order valence-electron chi connectivity index (χ2n) is 7.40. The maximum atomic E-state index is 12.9. The van der Waals surface area contributed by atoms with Crippen molar-refractivity contribution < 1.29 is 17.9 Å². The van der Waals surface area contributed by atoms with Gasteiger partial charge in [-0.3, -0.25) is 4.79 Å². The molecule has 8 nitrogen and oxygen atoms in total. The van der Waals surface area contributed by atoms with Gasteiger partial charge in [0.15, 0.2) is 0 Å². The number of nitrogens with one attached hydrogen (secondary N) is 1. The van der Waals surface area contributed by atoms with Crippen LogP contribution in [0.4, 0.5) is 5.69 Å². The van der Waals surface area contributed by atoms with Gasteiger partial charge >= 0.3 is 0 Å². The summed E-state index contributed by atoms with van der Waals surface area (Å²) in [5.41, 5.74) is 1.94. The van der Waals surface area contributed by atoms with E-state index < -0.39 is 10.0 Å². The molecule has 0 aliphatic rings. The number of ether oxygens (including phenoxy) is 1. The summed E-state index contributed by atoms with van der Waals surface area (Å²) in [7, 11) is -2.05. The molecule has 3 aromatic rings. The van der Waals surface area contributed by atoms with Crippen LogP contribution in [-0.2, 0) is 27.8 Å². The van der Waals surface area contributed by atoms with Crippen LogP contribution in [0.1, 0.15) is 33.0 Å². The lowest BCUT2D eigenvalue weighted by Gasteiger charge is -2.18. The second-order valence-corrected chi connectivity index (χ2v) is 9.78. The van der Waals surface area contributed by atoms with E-state index in [0.717, 1.165) is 11.3 Å². The summed E-state index contributed by atoms with van der Waals surface area (Å²) < 4.78 is 34.4. The van der Waals surface area contributed by atoms with Gasteiger partial charge in [0.2, 0.25) is 15.9 Å². The summed E-state index contributed by atoms with van der Waals surface area (Å²) in [6, 6.07) is 10.0. The fraction of sp³-hybridized carbons (Fsp3) is 0.391. The zero-order valence-corrected chi connectivity index (χ0v) is 20.8. The molecule has 0 fully saturated rings. The molecule has 2 aromatic carbocycles. The van der Waals surface area contributed by atoms with Crippen molar-refractivity contribution >= 4 is 44.3 Å². The first-order chi connectivity index (χ1) is 15.7. The number of carbonyl (C=O) groups is 1. The number of carbonyl (C=O) groups excluding carboxylic acids is 1. The summed E-state index contributed by atoms with van der Waals surface area (Å²) >= 11 is 6.03. The van der Waals surface area contributed by atoms with Gasteiger partial charge in [-0.05, 0) is 43.3 Å². The minimum absolute atomic E-state index is 0.198. The Balaban J connectivity index is 1.82. The molecule has 0 saturated carbocycles. The highest BCUT2D eigenvalue weighted by atomic mass is 35.5. The van der Waals surface area contributed by atoms with Crippen LogP contribution < -0.4 is 10.1 Å². The smallest absolute Gasteiger partial charge is 0.243 e. The molecule has 1 N–H and O–H groups in total. The lowest BCUT2D eigenvalue weighted by Crippen LogP contribution is -2.30. The summed E-state index contributed by atoms with van der Waals surface area (Å²) in [6.45, 7) is 7.07. The number of fused-ring (bicyclic) bond motifs is 1. The SMILES string of the molecule is CCN(CC)S(=O)(=O)c1ccc2c(c1)nc(CCC(=O)Nc1cc(Cl)ccc1OC)n2CC. The summed E-state index contributed by atoms with van der Waals surface area (Å²) in [5, 5.41) is 3.32. The third-order valence-corrected chi connectivity index (χ3v) is 7.75. The van der Waals surface area contributed by atoms with Gasteiger partial charge in [0.05, 0.1) is 28.7 Å². The van der Waals surface area contributed by atoms with Crippen LogP contribution in [-0.4, -0.2) is 48.4 Å². The van der Waals surface area contributed by atoms with E-state index in [9.17, 15) is 13.2 Å². The number of anilines is 1. The first-order valence-corrected chi connectivity index (χ1v) is 12.7. The molecule has 0 saturated heterocycles. The Morgan fingerprint density at radius 1 is 1.15 bits per heavy atom. The van der Waals surface area contributed by atoms with E-state index in [-0.39, 0.29) is 17.2 Å². The zero-order valence-electron chi connectivity index (χ0n) is 19.3. The van der Waals surface area contributed by atoms with Crippen molar-refractivity contribution in [3.8, 4) is 5.75 Å². The average Bonchev–Trinajstić information content (AvgIpc) is 3.15. The highest BCUT2D eigenvalue weighted by Gasteiger charge is 2.23. The molecule has 0 spiro atoms. The summed E-state index contributed by atoms with van der Waals surface area (Å²) in [6.07, 6.45) is 0.596. The van der Waals surface area contributed by atoms with E-state index in [1.807, 2.05) is 25.3 Å². The van der Waals surface area contributed by atoms with Gasteiger partial charge in [0.25, 0.3) is 0 Å². The monoisotopic (exact) mass is 492 g/mol. The Hall–Kier alpha value is -2.62. The Labute approximate surface area is 199 Å². The first kappa shape index (κ1) is 25.0. The standard InChI is InChI=1S/C23H29ClN4O4S/c1-5-27(6-2)33(30,31)17-9-10-20-18(15-17)25-22(28(20)7-3)12-13-23(29)26-19-14-16(24)8-11-21(19)32-4/h8-11,14-15H,5-7,12-13H2,1-4H3,(H,26,29). The van der Waals surface area contributed by atoms with Crippen molar-refractivity contribution in [3.05, 3.63) is 47.2 Å². The number of rotatable bonds is 10. The zero-order chi connectivity index (χ0) is 24.2. The molecule has 1 amide bonds. The predicted molar refractivity (Wildman–Crippen MR) is 130 cm³/mol. The molecule has 0 aliphatic heterocycles. The van der Waals surface area contributed by atoms with Crippen LogP contribution in [0.2, 0.25) is 5.02 Å². The third-order valence-electron chi connectivity index (χ3n) is 5.47. The molecule has 10 heteroatoms. The van der Waals surface area contributed by atoms with Crippen LogP contribution in [0, 0.1) is 0 Å². The average molecular weight is 493 g/mol. The van der Waals surface area contributed by atoms with Gasteiger partial charge in [0.1, 0.15) is 11.6 Å². The molecule has 1 aromatic heterocycles. The molecule has 0 radical (unpaired) electrons. The minimum atomic E-state index is -3.58. The van der Waals surface area contributed by atoms with Gasteiger partial charge in [-0.15, -0.1) is 0 Å². The summed E-state index contributed by atoms with van der Waals surface area (Å²) in [4.78, 5) is 17.4. The van der Waals surface area contributed by atoms with Crippen molar-refractivity contribution in [1.82, 2.24) is 13.9 Å². The highest BCUT2D eigenvalue weighted by Crippen LogP contribution is 2.28. The Kier molecular flexibility index (Phi) is 7.99. The number of nitrogens with zero attached hydrogens (tertiary/aromatic N) is 3. The van der Waals surface area contributed by atoms with Crippen molar-refractivity contribution in [3.63, 3.8) is 0 Å². The largest absolute Gasteiger partial charge is 0.495 e. The molecular weight excluding hydrogens is 464 g/mol. The molecule has 0 atom stereocenters. The van der Waals surface area contributed by atoms with Crippen LogP contribution >= 0.6 is 11.6 Å². The van der Waals surface area contributed by atoms with Crippen LogP contribution in [0.15, 0.2) is 41.3 Å². The molecule has 178 valence electrons. The van der Waals surface area contributed by atoms with Crippen LogP contribution in [0.25, 0.3) is 11.0 Å². The molecule has 3 rings (SSSR count). The number of sulfonamides is 1. The lowest BCUT2D eigenvalue weighted by atomic mass is 10.2. The van der Waals surface area contributed by atoms with E-state index >= 15 is 0 Å². The normalized spacial score (nSPS) is 11.8. The first-order valence-electron chi connectivity index (χ1n) is 10.9. The van der Waals surface area contributed by atoms with Gasteiger partial charge < -0.3 is 14.6 Å². The number of halogens is 1. The Morgan fingerprint density at radius 2 is 1.88 bits per heavy atom. The van der Waals surface area contributed by atoms with E-state index in [1.165, 1.54) is 11.4 Å². The van der Waals surface area contributed by atoms with Crippen LogP contribution in [0.5, 0.6) is 5.75 Å². The van der Waals surface area contributed by atoms with Crippen molar-refractivity contribution in [1.29, 1.82) is 0 Å². The van der Waals surface area contributed by atoms with Gasteiger partial charge in [-0.25, -0.2) is 13.4 Å². The van der Waals surface area contributed by atoms with Gasteiger partial charge in [0, 0.05) is 37.5 Å². The van der Waals surface area contributed by atoms with E-state index in [2.05, 4.69) is 10.3 Å². The number of hydrogen-bond donors (Lipinski definition) is 1. The van der Waals surface area contributed by atoms with Crippen molar-refractivity contribution in [2.45, 2.75) is 45.1 Å². The minimum Gasteiger partial charge on any atom is -0.495 e. The third kappa shape index (κ3) is 5.31. The van der Waals surface area contributed by atoms with Crippen molar-refractivity contribution in [2.75, 3.05) is 25.5 Å². The second kappa shape index (κ2) is 10.5. The van der Waals surface area contributed by atoms with E-state index in [0.29, 0.717) is 48.0 Å². The van der Waals surface area contributed by atoms with Crippen molar-refractivity contribution in [2.24, 2.45) is 0 Å².